The molecule has 1 N–H and O–H groups in total. The molecular weight excluding hydrogens is 280 g/mol. The number of rotatable bonds is 5. The van der Waals surface area contributed by atoms with Gasteiger partial charge in [-0.15, -0.1) is 0 Å². The van der Waals surface area contributed by atoms with Crippen LogP contribution in [0, 0.1) is 0 Å². The first-order valence-electron chi connectivity index (χ1n) is 7.36. The van der Waals surface area contributed by atoms with E-state index in [1.165, 1.54) is 0 Å². The number of imidazole rings is 1. The molecule has 5 nitrogen and oxygen atoms in total. The van der Waals surface area contributed by atoms with Crippen LogP contribution in [-0.4, -0.2) is 20.6 Å². The molecule has 2 aromatic heterocycles. The van der Waals surface area contributed by atoms with Gasteiger partial charge in [-0.1, -0.05) is 13.8 Å². The van der Waals surface area contributed by atoms with Gasteiger partial charge in [0.15, 0.2) is 0 Å². The molecule has 3 aromatic rings. The highest BCUT2D eigenvalue weighted by molar-refractivity contribution is 5.92. The lowest BCUT2D eigenvalue weighted by molar-refractivity contribution is 0.0697. The number of carbonyl (C=O) groups is 1. The van der Waals surface area contributed by atoms with Gasteiger partial charge >= 0.3 is 5.97 Å². The van der Waals surface area contributed by atoms with Crippen LogP contribution in [0.25, 0.3) is 11.0 Å². The predicted octanol–water partition coefficient (Wildman–Crippen LogP) is 3.89. The first-order valence-corrected chi connectivity index (χ1v) is 7.36. The predicted molar refractivity (Wildman–Crippen MR) is 83.2 cm³/mol. The Balaban J connectivity index is 2.15. The molecule has 0 saturated heterocycles. The van der Waals surface area contributed by atoms with Crippen molar-refractivity contribution in [2.75, 3.05) is 0 Å². The van der Waals surface area contributed by atoms with Crippen molar-refractivity contribution < 1.29 is 14.3 Å². The van der Waals surface area contributed by atoms with Crippen LogP contribution in [0.15, 0.2) is 41.0 Å². The number of nitrogens with zero attached hydrogens (tertiary/aromatic N) is 2. The largest absolute Gasteiger partial charge is 0.478 e. The van der Waals surface area contributed by atoms with Gasteiger partial charge in [-0.05, 0) is 36.8 Å². The normalized spacial score (nSPS) is 12.6. The summed E-state index contributed by atoms with van der Waals surface area (Å²) in [5.74, 6) is 1.16. The zero-order chi connectivity index (χ0) is 15.7. The molecule has 0 bridgehead atoms. The molecule has 0 saturated carbocycles. The molecule has 5 heteroatoms. The number of hydrogen-bond acceptors (Lipinski definition) is 3. The van der Waals surface area contributed by atoms with E-state index in [2.05, 4.69) is 23.4 Å². The van der Waals surface area contributed by atoms with Gasteiger partial charge in [-0.25, -0.2) is 9.78 Å². The number of aromatic nitrogens is 2. The molecule has 1 unspecified atom stereocenters. The standard InChI is InChI=1S/C17H18N2O3/c1-3-11(2)16-18-14-9-12(17(20)21)6-7-15(14)19(16)10-13-5-4-8-22-13/h4-9,11H,3,10H2,1-2H3,(H,20,21). The Morgan fingerprint density at radius 3 is 2.86 bits per heavy atom. The van der Waals surface area contributed by atoms with E-state index in [1.807, 2.05) is 18.2 Å². The van der Waals surface area contributed by atoms with E-state index in [1.54, 1.807) is 18.4 Å². The van der Waals surface area contributed by atoms with Gasteiger partial charge in [-0.2, -0.15) is 0 Å². The monoisotopic (exact) mass is 298 g/mol. The molecule has 0 fully saturated rings. The van der Waals surface area contributed by atoms with Crippen LogP contribution >= 0.6 is 0 Å². The maximum atomic E-state index is 11.1. The first kappa shape index (κ1) is 14.4. The fourth-order valence-corrected chi connectivity index (χ4v) is 2.56. The summed E-state index contributed by atoms with van der Waals surface area (Å²) >= 11 is 0. The highest BCUT2D eigenvalue weighted by Crippen LogP contribution is 2.26. The number of fused-ring (bicyclic) bond motifs is 1. The number of aromatic carboxylic acids is 1. The third kappa shape index (κ3) is 2.50. The molecule has 2 heterocycles. The topological polar surface area (TPSA) is 68.3 Å². The lowest BCUT2D eigenvalue weighted by Crippen LogP contribution is -2.07. The second-order valence-corrected chi connectivity index (χ2v) is 5.45. The van der Waals surface area contributed by atoms with Crippen LogP contribution in [0.4, 0.5) is 0 Å². The number of benzene rings is 1. The minimum absolute atomic E-state index is 0.255. The van der Waals surface area contributed by atoms with Gasteiger partial charge in [0.25, 0.3) is 0 Å². The van der Waals surface area contributed by atoms with Crippen LogP contribution in [0.1, 0.15) is 48.1 Å². The number of hydrogen-bond donors (Lipinski definition) is 1. The van der Waals surface area contributed by atoms with Crippen molar-refractivity contribution in [1.82, 2.24) is 9.55 Å². The van der Waals surface area contributed by atoms with Gasteiger partial charge in [0.1, 0.15) is 11.6 Å². The molecule has 0 spiro atoms. The second kappa shape index (κ2) is 5.67. The Labute approximate surface area is 128 Å². The second-order valence-electron chi connectivity index (χ2n) is 5.45. The molecular formula is C17H18N2O3. The van der Waals surface area contributed by atoms with Crippen molar-refractivity contribution in [3.8, 4) is 0 Å². The van der Waals surface area contributed by atoms with Gasteiger partial charge in [0.2, 0.25) is 0 Å². The van der Waals surface area contributed by atoms with Crippen molar-refractivity contribution in [1.29, 1.82) is 0 Å². The summed E-state index contributed by atoms with van der Waals surface area (Å²) in [4.78, 5) is 15.8. The van der Waals surface area contributed by atoms with E-state index < -0.39 is 5.97 Å². The molecule has 1 aromatic carbocycles. The van der Waals surface area contributed by atoms with E-state index in [9.17, 15) is 4.79 Å². The van der Waals surface area contributed by atoms with Crippen molar-refractivity contribution in [3.05, 3.63) is 53.7 Å². The zero-order valence-electron chi connectivity index (χ0n) is 12.6. The van der Waals surface area contributed by atoms with E-state index in [0.29, 0.717) is 12.1 Å². The maximum Gasteiger partial charge on any atom is 0.335 e. The zero-order valence-corrected chi connectivity index (χ0v) is 12.6. The third-order valence-corrected chi connectivity index (χ3v) is 3.97. The number of furan rings is 1. The smallest absolute Gasteiger partial charge is 0.335 e. The fourth-order valence-electron chi connectivity index (χ4n) is 2.56. The van der Waals surface area contributed by atoms with Gasteiger partial charge in [0, 0.05) is 5.92 Å². The number of carboxylic acids is 1. The Bertz CT molecular complexity index is 803. The maximum absolute atomic E-state index is 11.1. The van der Waals surface area contributed by atoms with E-state index in [0.717, 1.165) is 23.5 Å². The lowest BCUT2D eigenvalue weighted by atomic mass is 10.1. The summed E-state index contributed by atoms with van der Waals surface area (Å²) in [6, 6.07) is 8.85. The molecule has 3 rings (SSSR count). The minimum atomic E-state index is -0.937. The van der Waals surface area contributed by atoms with E-state index >= 15 is 0 Å². The van der Waals surface area contributed by atoms with Crippen molar-refractivity contribution >= 4 is 17.0 Å². The summed E-state index contributed by atoms with van der Waals surface area (Å²) in [5, 5.41) is 9.13. The molecule has 0 aliphatic rings. The molecule has 0 aliphatic heterocycles. The molecule has 0 aliphatic carbocycles. The summed E-state index contributed by atoms with van der Waals surface area (Å²) in [7, 11) is 0. The third-order valence-electron chi connectivity index (χ3n) is 3.97. The van der Waals surface area contributed by atoms with Crippen LogP contribution in [0.3, 0.4) is 0 Å². The Morgan fingerprint density at radius 1 is 1.41 bits per heavy atom. The van der Waals surface area contributed by atoms with Crippen molar-refractivity contribution in [3.63, 3.8) is 0 Å². The van der Waals surface area contributed by atoms with Crippen molar-refractivity contribution in [2.24, 2.45) is 0 Å². The molecule has 114 valence electrons. The molecule has 0 amide bonds. The van der Waals surface area contributed by atoms with Crippen LogP contribution < -0.4 is 0 Å². The van der Waals surface area contributed by atoms with Crippen LogP contribution in [0.5, 0.6) is 0 Å². The SMILES string of the molecule is CCC(C)c1nc2cc(C(=O)O)ccc2n1Cc1ccco1. The Morgan fingerprint density at radius 2 is 2.23 bits per heavy atom. The van der Waals surface area contributed by atoms with E-state index in [4.69, 9.17) is 9.52 Å². The summed E-state index contributed by atoms with van der Waals surface area (Å²) in [5.41, 5.74) is 1.89. The average molecular weight is 298 g/mol. The average Bonchev–Trinajstić information content (AvgIpc) is 3.14. The van der Waals surface area contributed by atoms with Crippen molar-refractivity contribution in [2.45, 2.75) is 32.7 Å². The first-order chi connectivity index (χ1) is 10.6. The van der Waals surface area contributed by atoms with E-state index in [-0.39, 0.29) is 11.5 Å². The Kier molecular flexibility index (Phi) is 3.71. The lowest BCUT2D eigenvalue weighted by Gasteiger charge is -2.12. The molecule has 22 heavy (non-hydrogen) atoms. The quantitative estimate of drug-likeness (QED) is 0.776. The van der Waals surface area contributed by atoms with Gasteiger partial charge in [-0.3, -0.25) is 0 Å². The van der Waals surface area contributed by atoms with Gasteiger partial charge in [0.05, 0.1) is 29.4 Å². The van der Waals surface area contributed by atoms with Crippen LogP contribution in [0.2, 0.25) is 0 Å². The fraction of sp³-hybridized carbons (Fsp3) is 0.294. The minimum Gasteiger partial charge on any atom is -0.478 e. The summed E-state index contributed by atoms with van der Waals surface area (Å²) < 4.78 is 7.55. The number of carboxylic acid groups (broad SMARTS) is 1. The molecule has 0 radical (unpaired) electrons. The Hall–Kier alpha value is -2.56. The highest BCUT2D eigenvalue weighted by Gasteiger charge is 2.17. The molecule has 1 atom stereocenters. The summed E-state index contributed by atoms with van der Waals surface area (Å²) in [6.07, 6.45) is 2.62. The van der Waals surface area contributed by atoms with Gasteiger partial charge < -0.3 is 14.1 Å². The summed E-state index contributed by atoms with van der Waals surface area (Å²) in [6.45, 7) is 4.83. The highest BCUT2D eigenvalue weighted by atomic mass is 16.4. The van der Waals surface area contributed by atoms with Crippen LogP contribution in [-0.2, 0) is 6.54 Å².